The van der Waals surface area contributed by atoms with E-state index in [4.69, 9.17) is 9.47 Å². The molecule has 0 atom stereocenters. The third kappa shape index (κ3) is 5.50. The number of aromatic nitrogens is 2. The maximum Gasteiger partial charge on any atom is 0.418 e. The van der Waals surface area contributed by atoms with Crippen molar-refractivity contribution in [3.63, 3.8) is 0 Å². The number of carbonyl (C=O) groups is 2. The molecule has 2 aromatic heterocycles. The van der Waals surface area contributed by atoms with Gasteiger partial charge in [-0.1, -0.05) is 42.0 Å². The van der Waals surface area contributed by atoms with E-state index in [9.17, 15) is 18.0 Å². The smallest absolute Gasteiger partial charge is 0.418 e. The zero-order chi connectivity index (χ0) is 29.5. The van der Waals surface area contributed by atoms with E-state index in [0.29, 0.717) is 29.8 Å². The zero-order valence-electron chi connectivity index (χ0n) is 23.7. The van der Waals surface area contributed by atoms with Crippen molar-refractivity contribution in [3.05, 3.63) is 101 Å². The normalized spacial score (nSPS) is 14.2. The van der Waals surface area contributed by atoms with Gasteiger partial charge >= 0.3 is 12.1 Å². The van der Waals surface area contributed by atoms with Crippen LogP contribution in [0, 0.1) is 6.92 Å². The van der Waals surface area contributed by atoms with Crippen LogP contribution in [0.3, 0.4) is 0 Å². The first kappa shape index (κ1) is 28.2. The number of allylic oxidation sites excluding steroid dienone is 1. The first-order valence-electron chi connectivity index (χ1n) is 13.3. The molecule has 5 rings (SSSR count). The number of esters is 1. The van der Waals surface area contributed by atoms with Crippen molar-refractivity contribution < 1.29 is 27.5 Å². The molecule has 2 heterocycles. The topological polar surface area (TPSA) is 96.6 Å². The van der Waals surface area contributed by atoms with Crippen LogP contribution in [0.2, 0.25) is 0 Å². The highest BCUT2D eigenvalue weighted by Crippen LogP contribution is 2.38. The number of methoxy groups -OCH3 is 1. The van der Waals surface area contributed by atoms with Crippen molar-refractivity contribution in [2.45, 2.75) is 51.0 Å². The molecule has 212 valence electrons. The molecule has 0 aliphatic heterocycles. The summed E-state index contributed by atoms with van der Waals surface area (Å²) in [6.45, 7) is 7.34. The average Bonchev–Trinajstić information content (AvgIpc) is 3.64. The third-order valence-corrected chi connectivity index (χ3v) is 8.61. The lowest BCUT2D eigenvalue weighted by atomic mass is 10.0. The van der Waals surface area contributed by atoms with Gasteiger partial charge in [0.25, 0.3) is 10.0 Å². The summed E-state index contributed by atoms with van der Waals surface area (Å²) in [5.74, 6) is -0.723. The van der Waals surface area contributed by atoms with Crippen LogP contribution in [0.25, 0.3) is 22.9 Å². The minimum Gasteiger partial charge on any atom is -0.464 e. The summed E-state index contributed by atoms with van der Waals surface area (Å²) in [5, 5.41) is 0. The molecule has 0 radical (unpaired) electrons. The highest BCUT2D eigenvalue weighted by Gasteiger charge is 2.33. The number of hydrogen-bond donors (Lipinski definition) is 0. The molecule has 0 spiro atoms. The largest absolute Gasteiger partial charge is 0.464 e. The second-order valence-corrected chi connectivity index (χ2v) is 12.8. The highest BCUT2D eigenvalue weighted by atomic mass is 32.2. The SMILES string of the molecule is COC(=O)c1cc2c(n1S(=O)(=O)c1ccc(C)cc1)CCC2=Cc1cccc(-c2cccn2C(=O)OC(C)(C)C)c1. The number of benzene rings is 2. The summed E-state index contributed by atoms with van der Waals surface area (Å²) in [6, 6.07) is 19.5. The Kier molecular flexibility index (Phi) is 7.25. The Morgan fingerprint density at radius 3 is 2.37 bits per heavy atom. The summed E-state index contributed by atoms with van der Waals surface area (Å²) in [7, 11) is -2.81. The van der Waals surface area contributed by atoms with Crippen LogP contribution in [-0.4, -0.2) is 41.7 Å². The maximum atomic E-state index is 13.7. The van der Waals surface area contributed by atoms with Gasteiger partial charge in [-0.3, -0.25) is 4.57 Å². The Labute approximate surface area is 239 Å². The zero-order valence-corrected chi connectivity index (χ0v) is 24.5. The minimum atomic E-state index is -4.04. The Morgan fingerprint density at radius 1 is 0.951 bits per heavy atom. The number of carbonyl (C=O) groups excluding carboxylic acids is 2. The number of fused-ring (bicyclic) bond motifs is 1. The Balaban J connectivity index is 1.54. The van der Waals surface area contributed by atoms with Crippen molar-refractivity contribution >= 4 is 33.7 Å². The molecule has 1 aliphatic carbocycles. The van der Waals surface area contributed by atoms with E-state index >= 15 is 0 Å². The molecule has 8 nitrogen and oxygen atoms in total. The van der Waals surface area contributed by atoms with Crippen molar-refractivity contribution in [2.24, 2.45) is 0 Å². The molecule has 0 fully saturated rings. The fraction of sp³-hybridized carbons (Fsp3) is 0.250. The molecule has 0 saturated carbocycles. The second kappa shape index (κ2) is 10.6. The predicted octanol–water partition coefficient (Wildman–Crippen LogP) is 6.56. The molecule has 0 bridgehead atoms. The summed E-state index contributed by atoms with van der Waals surface area (Å²) in [6.07, 6.45) is 4.25. The number of rotatable bonds is 5. The van der Waals surface area contributed by atoms with Gasteiger partial charge in [-0.25, -0.2) is 22.0 Å². The third-order valence-electron chi connectivity index (χ3n) is 6.85. The van der Waals surface area contributed by atoms with Crippen LogP contribution in [0.1, 0.15) is 60.1 Å². The maximum absolute atomic E-state index is 13.7. The van der Waals surface area contributed by atoms with Gasteiger partial charge < -0.3 is 9.47 Å². The van der Waals surface area contributed by atoms with E-state index in [0.717, 1.165) is 26.2 Å². The summed E-state index contributed by atoms with van der Waals surface area (Å²) in [5.41, 5.74) is 4.80. The quantitative estimate of drug-likeness (QED) is 0.251. The fourth-order valence-electron chi connectivity index (χ4n) is 5.00. The monoisotopic (exact) mass is 572 g/mol. The number of ether oxygens (including phenoxy) is 2. The van der Waals surface area contributed by atoms with Crippen LogP contribution >= 0.6 is 0 Å². The average molecular weight is 573 g/mol. The molecule has 1 aliphatic rings. The van der Waals surface area contributed by atoms with Crippen LogP contribution in [0.5, 0.6) is 0 Å². The Morgan fingerprint density at radius 2 is 1.68 bits per heavy atom. The predicted molar refractivity (Wildman–Crippen MR) is 157 cm³/mol. The van der Waals surface area contributed by atoms with E-state index < -0.39 is 27.7 Å². The molecular weight excluding hydrogens is 540 g/mol. The lowest BCUT2D eigenvalue weighted by molar-refractivity contribution is 0.0538. The highest BCUT2D eigenvalue weighted by molar-refractivity contribution is 7.90. The van der Waals surface area contributed by atoms with E-state index in [1.54, 1.807) is 42.6 Å². The van der Waals surface area contributed by atoms with Crippen LogP contribution in [-0.2, 0) is 25.9 Å². The van der Waals surface area contributed by atoms with Gasteiger partial charge in [0.1, 0.15) is 11.3 Å². The van der Waals surface area contributed by atoms with Crippen LogP contribution in [0.4, 0.5) is 4.79 Å². The van der Waals surface area contributed by atoms with Crippen molar-refractivity contribution in [3.8, 4) is 11.3 Å². The molecule has 0 saturated heterocycles. The molecular formula is C32H32N2O6S. The molecule has 0 unspecified atom stereocenters. The van der Waals surface area contributed by atoms with E-state index in [2.05, 4.69) is 0 Å². The van der Waals surface area contributed by atoms with Gasteiger partial charge in [-0.2, -0.15) is 0 Å². The van der Waals surface area contributed by atoms with Gasteiger partial charge in [-0.05, 0) is 93.6 Å². The molecule has 9 heteroatoms. The summed E-state index contributed by atoms with van der Waals surface area (Å²) in [4.78, 5) is 25.6. The van der Waals surface area contributed by atoms with Crippen molar-refractivity contribution in [1.82, 2.24) is 8.54 Å². The second-order valence-electron chi connectivity index (χ2n) is 11.0. The number of aryl methyl sites for hydroxylation is 1. The standard InChI is InChI=1S/C32H32N2O6S/c1-21-11-14-25(15-12-21)41(37,38)34-28-16-13-23(26(28)20-29(34)30(35)39-5)18-22-8-6-9-24(19-22)27-10-7-17-33(27)31(36)40-32(2,3)4/h6-12,14-15,17-20H,13,16H2,1-5H3. The van der Waals surface area contributed by atoms with Crippen molar-refractivity contribution in [2.75, 3.05) is 7.11 Å². The number of hydrogen-bond acceptors (Lipinski definition) is 6. The van der Waals surface area contributed by atoms with E-state index in [-0.39, 0.29) is 10.6 Å². The van der Waals surface area contributed by atoms with Crippen LogP contribution in [0.15, 0.2) is 77.8 Å². The fourth-order valence-corrected chi connectivity index (χ4v) is 6.55. The summed E-state index contributed by atoms with van der Waals surface area (Å²) < 4.78 is 40.5. The van der Waals surface area contributed by atoms with Crippen LogP contribution < -0.4 is 0 Å². The molecule has 4 aromatic rings. The van der Waals surface area contributed by atoms with E-state index in [1.165, 1.54) is 11.7 Å². The Bertz CT molecular complexity index is 1780. The first-order chi connectivity index (χ1) is 19.4. The van der Waals surface area contributed by atoms with Gasteiger partial charge in [0.2, 0.25) is 0 Å². The van der Waals surface area contributed by atoms with Gasteiger partial charge in [0, 0.05) is 17.5 Å². The Hall–Kier alpha value is -4.37. The molecule has 0 N–H and O–H groups in total. The lowest BCUT2D eigenvalue weighted by Gasteiger charge is -2.20. The van der Waals surface area contributed by atoms with Gasteiger partial charge in [-0.15, -0.1) is 0 Å². The lowest BCUT2D eigenvalue weighted by Crippen LogP contribution is -2.27. The van der Waals surface area contributed by atoms with Gasteiger partial charge in [0.15, 0.2) is 0 Å². The molecule has 2 aromatic carbocycles. The molecule has 0 amide bonds. The number of nitrogens with zero attached hydrogens (tertiary/aromatic N) is 2. The summed E-state index contributed by atoms with van der Waals surface area (Å²) >= 11 is 0. The van der Waals surface area contributed by atoms with Crippen molar-refractivity contribution in [1.29, 1.82) is 0 Å². The van der Waals surface area contributed by atoms with Gasteiger partial charge in [0.05, 0.1) is 17.7 Å². The minimum absolute atomic E-state index is 0.0346. The first-order valence-corrected chi connectivity index (χ1v) is 14.7. The molecule has 41 heavy (non-hydrogen) atoms. The van der Waals surface area contributed by atoms with E-state index in [1.807, 2.05) is 64.1 Å².